The fourth-order valence-corrected chi connectivity index (χ4v) is 3.70. The van der Waals surface area contributed by atoms with Gasteiger partial charge in [-0.15, -0.1) is 11.8 Å². The molecule has 0 saturated carbocycles. The largest absolute Gasteiger partial charge is 0.500 e. The van der Waals surface area contributed by atoms with Gasteiger partial charge < -0.3 is 19.9 Å². The molecule has 2 N–H and O–H groups in total. The van der Waals surface area contributed by atoms with Gasteiger partial charge in [0.15, 0.2) is 11.5 Å². The lowest BCUT2D eigenvalue weighted by atomic mass is 10.0. The van der Waals surface area contributed by atoms with Crippen molar-refractivity contribution in [3.8, 4) is 11.5 Å². The highest BCUT2D eigenvalue weighted by Crippen LogP contribution is 2.39. The zero-order valence-electron chi connectivity index (χ0n) is 17.4. The fraction of sp³-hybridized carbons (Fsp3) is 0.364. The maximum atomic E-state index is 15.5. The molecule has 0 fully saturated rings. The minimum Gasteiger partial charge on any atom is -0.500 e. The molecule has 160 valence electrons. The van der Waals surface area contributed by atoms with Crippen molar-refractivity contribution in [3.05, 3.63) is 59.3 Å². The van der Waals surface area contributed by atoms with Crippen LogP contribution in [0.3, 0.4) is 0 Å². The number of hydrogen-bond acceptors (Lipinski definition) is 7. The minimum absolute atomic E-state index is 0.0416. The summed E-state index contributed by atoms with van der Waals surface area (Å²) in [6.07, 6.45) is 8.66. The predicted octanol–water partition coefficient (Wildman–Crippen LogP) is 3.65. The summed E-state index contributed by atoms with van der Waals surface area (Å²) in [5, 5.41) is 0.567. The highest BCUT2D eigenvalue weighted by Gasteiger charge is 2.28. The quantitative estimate of drug-likeness (QED) is 0.405. The first-order chi connectivity index (χ1) is 14.5. The molecule has 1 atom stereocenters. The molecule has 1 aromatic rings. The molecule has 2 aliphatic rings. The third-order valence-electron chi connectivity index (χ3n) is 4.79. The number of fused-ring (bicyclic) bond motifs is 1. The van der Waals surface area contributed by atoms with Gasteiger partial charge in [-0.1, -0.05) is 18.7 Å². The number of nitrogens with zero attached hydrogens (tertiary/aromatic N) is 2. The van der Waals surface area contributed by atoms with E-state index < -0.39 is 0 Å². The molecule has 1 aliphatic heterocycles. The number of thioether (sulfide) groups is 1. The molecule has 0 bridgehead atoms. The lowest BCUT2D eigenvalue weighted by molar-refractivity contribution is 0.289. The Morgan fingerprint density at radius 3 is 2.87 bits per heavy atom. The summed E-state index contributed by atoms with van der Waals surface area (Å²) < 4.78 is 31.7. The van der Waals surface area contributed by atoms with E-state index in [4.69, 9.17) is 24.9 Å². The summed E-state index contributed by atoms with van der Waals surface area (Å²) in [6, 6.07) is 1.58. The van der Waals surface area contributed by atoms with Crippen molar-refractivity contribution in [3.63, 3.8) is 0 Å². The highest BCUT2D eigenvalue weighted by atomic mass is 32.2. The first-order valence-corrected chi connectivity index (χ1v) is 10.8. The van der Waals surface area contributed by atoms with Crippen LogP contribution in [0.15, 0.2) is 52.3 Å². The summed E-state index contributed by atoms with van der Waals surface area (Å²) >= 11 is 1.38. The van der Waals surface area contributed by atoms with Crippen LogP contribution in [0, 0.1) is 5.82 Å². The zero-order chi connectivity index (χ0) is 21.7. The molecular weight excluding hydrogens is 405 g/mol. The average Bonchev–Trinajstić information content (AvgIpc) is 3.25. The van der Waals surface area contributed by atoms with Gasteiger partial charge in [-0.2, -0.15) is 0 Å². The Hall–Kier alpha value is -2.58. The molecular formula is C22H26FN3O3S. The van der Waals surface area contributed by atoms with Crippen LogP contribution in [-0.4, -0.2) is 50.4 Å². The molecule has 1 unspecified atom stereocenters. The fourth-order valence-electron chi connectivity index (χ4n) is 3.15. The second-order valence-corrected chi connectivity index (χ2v) is 7.56. The monoisotopic (exact) mass is 431 g/mol. The van der Waals surface area contributed by atoms with Crippen LogP contribution in [0.5, 0.6) is 11.5 Å². The molecule has 6 nitrogen and oxygen atoms in total. The van der Waals surface area contributed by atoms with Crippen molar-refractivity contribution in [2.24, 2.45) is 15.7 Å². The summed E-state index contributed by atoms with van der Waals surface area (Å²) in [7, 11) is 3.08. The normalized spacial score (nSPS) is 18.6. The Kier molecular flexibility index (Phi) is 7.33. The molecule has 30 heavy (non-hydrogen) atoms. The molecule has 1 aromatic carbocycles. The van der Waals surface area contributed by atoms with E-state index in [1.807, 2.05) is 24.5 Å². The first-order valence-electron chi connectivity index (χ1n) is 9.54. The number of ether oxygens (including phenoxy) is 3. The van der Waals surface area contributed by atoms with Gasteiger partial charge in [0.05, 0.1) is 33.1 Å². The smallest absolute Gasteiger partial charge is 0.167 e. The number of halogens is 1. The Morgan fingerprint density at radius 1 is 1.43 bits per heavy atom. The van der Waals surface area contributed by atoms with Crippen LogP contribution in [-0.2, 0) is 11.2 Å². The Balaban J connectivity index is 2.15. The van der Waals surface area contributed by atoms with E-state index in [9.17, 15) is 0 Å². The van der Waals surface area contributed by atoms with Crippen molar-refractivity contribution in [2.45, 2.75) is 18.9 Å². The Labute approximate surface area is 180 Å². The molecule has 0 saturated heterocycles. The van der Waals surface area contributed by atoms with E-state index in [1.165, 1.54) is 26.0 Å². The van der Waals surface area contributed by atoms with E-state index in [2.05, 4.69) is 11.6 Å². The number of allylic oxidation sites excluding steroid dienone is 1. The minimum atomic E-state index is -0.369. The summed E-state index contributed by atoms with van der Waals surface area (Å²) in [5.74, 6) is 1.07. The maximum Gasteiger partial charge on any atom is 0.167 e. The van der Waals surface area contributed by atoms with Gasteiger partial charge >= 0.3 is 0 Å². The van der Waals surface area contributed by atoms with E-state index in [0.717, 1.165) is 0 Å². The van der Waals surface area contributed by atoms with Crippen LogP contribution in [0.2, 0.25) is 0 Å². The standard InChI is InChI=1S/C22H26FN3O3S/c1-13(27-2)12-25-22(30-4)20(26-15-7-5-14(24)6-8-15)17-11-18(28-3)21-16(19(17)23)9-10-29-21/h5,7-8,11,14H,1,6,9-10,12,24H2,2-4H3. The second kappa shape index (κ2) is 9.95. The van der Waals surface area contributed by atoms with Crippen molar-refractivity contribution in [1.29, 1.82) is 0 Å². The molecule has 0 aromatic heterocycles. The highest BCUT2D eigenvalue weighted by molar-refractivity contribution is 8.15. The van der Waals surface area contributed by atoms with E-state index in [1.54, 1.807) is 6.07 Å². The number of nitrogens with two attached hydrogens (primary N) is 1. The summed E-state index contributed by atoms with van der Waals surface area (Å²) in [5.41, 5.74) is 7.86. The van der Waals surface area contributed by atoms with Gasteiger partial charge in [-0.05, 0) is 24.8 Å². The number of rotatable bonds is 7. The number of benzene rings is 1. The maximum absolute atomic E-state index is 15.5. The van der Waals surface area contributed by atoms with Gasteiger partial charge in [0.1, 0.15) is 22.3 Å². The molecule has 3 rings (SSSR count). The zero-order valence-corrected chi connectivity index (χ0v) is 18.2. The van der Waals surface area contributed by atoms with E-state index in [0.29, 0.717) is 64.3 Å². The van der Waals surface area contributed by atoms with Crippen LogP contribution in [0.25, 0.3) is 0 Å². The SMILES string of the molecule is C=C(CN=C(SC)C(=NC1=CCC(N)C=C1)c1cc(OC)c2c(c1F)CCO2)OC. The van der Waals surface area contributed by atoms with Gasteiger partial charge in [0.2, 0.25) is 0 Å². The number of methoxy groups -OCH3 is 2. The molecule has 0 radical (unpaired) electrons. The number of aliphatic imine (C=N–C) groups is 2. The van der Waals surface area contributed by atoms with Gasteiger partial charge in [0.25, 0.3) is 0 Å². The summed E-state index contributed by atoms with van der Waals surface area (Å²) in [4.78, 5) is 9.32. The molecule has 1 heterocycles. The lowest BCUT2D eigenvalue weighted by Gasteiger charge is -2.16. The summed E-state index contributed by atoms with van der Waals surface area (Å²) in [6.45, 7) is 4.47. The molecule has 8 heteroatoms. The van der Waals surface area contributed by atoms with Crippen molar-refractivity contribution >= 4 is 22.5 Å². The third-order valence-corrected chi connectivity index (χ3v) is 5.50. The molecule has 1 aliphatic carbocycles. The molecule has 0 amide bonds. The van der Waals surface area contributed by atoms with E-state index in [-0.39, 0.29) is 18.4 Å². The lowest BCUT2D eigenvalue weighted by Crippen LogP contribution is -2.19. The van der Waals surface area contributed by atoms with Gasteiger partial charge in [0, 0.05) is 23.6 Å². The van der Waals surface area contributed by atoms with Crippen molar-refractivity contribution < 1.29 is 18.6 Å². The average molecular weight is 432 g/mol. The first kappa shape index (κ1) is 22.1. The third kappa shape index (κ3) is 4.76. The van der Waals surface area contributed by atoms with Crippen LogP contribution in [0.1, 0.15) is 17.5 Å². The van der Waals surface area contributed by atoms with Crippen molar-refractivity contribution in [2.75, 3.05) is 33.6 Å². The van der Waals surface area contributed by atoms with E-state index >= 15 is 4.39 Å². The van der Waals surface area contributed by atoms with Crippen LogP contribution >= 0.6 is 11.8 Å². The van der Waals surface area contributed by atoms with Crippen molar-refractivity contribution in [1.82, 2.24) is 0 Å². The molecule has 0 spiro atoms. The van der Waals surface area contributed by atoms with Gasteiger partial charge in [-0.3, -0.25) is 4.99 Å². The van der Waals surface area contributed by atoms with Crippen LogP contribution < -0.4 is 15.2 Å². The van der Waals surface area contributed by atoms with Gasteiger partial charge in [-0.25, -0.2) is 9.38 Å². The Bertz CT molecular complexity index is 953. The second-order valence-electron chi connectivity index (χ2n) is 6.76. The number of hydrogen-bond donors (Lipinski definition) is 1. The predicted molar refractivity (Wildman–Crippen MR) is 120 cm³/mol. The Morgan fingerprint density at radius 2 is 2.23 bits per heavy atom. The van der Waals surface area contributed by atoms with Crippen LogP contribution in [0.4, 0.5) is 4.39 Å². The topological polar surface area (TPSA) is 78.4 Å².